The van der Waals surface area contributed by atoms with E-state index in [0.717, 1.165) is 22.2 Å². The third kappa shape index (κ3) is 3.99. The SMILES string of the molecule is C/C=C\c1c(C(=O)C(C)C)c2ccc(C(=O)OC)cc2n1Cc1ccccc1Cl. The lowest BCUT2D eigenvalue weighted by Crippen LogP contribution is -2.10. The fourth-order valence-corrected chi connectivity index (χ4v) is 3.66. The Balaban J connectivity index is 2.35. The normalized spacial score (nSPS) is 11.5. The van der Waals surface area contributed by atoms with Crippen LogP contribution in [-0.4, -0.2) is 23.4 Å². The van der Waals surface area contributed by atoms with Gasteiger partial charge < -0.3 is 9.30 Å². The standard InChI is InChI=1S/C24H24ClNO3/c1-5-8-20-22(23(27)15(2)3)18-12-11-16(24(28)29-4)13-21(18)26(20)14-17-9-6-7-10-19(17)25/h5-13,15H,14H2,1-4H3/b8-5-. The van der Waals surface area contributed by atoms with Gasteiger partial charge in [0.05, 0.1) is 29.4 Å². The number of hydrogen-bond donors (Lipinski definition) is 0. The third-order valence-electron chi connectivity index (χ3n) is 4.91. The topological polar surface area (TPSA) is 48.3 Å². The fourth-order valence-electron chi connectivity index (χ4n) is 3.46. The zero-order chi connectivity index (χ0) is 21.1. The van der Waals surface area contributed by atoms with Gasteiger partial charge in [0.2, 0.25) is 0 Å². The van der Waals surface area contributed by atoms with Crippen LogP contribution in [0.1, 0.15) is 52.7 Å². The van der Waals surface area contributed by atoms with E-state index in [1.54, 1.807) is 12.1 Å². The lowest BCUT2D eigenvalue weighted by molar-refractivity contribution is 0.0600. The van der Waals surface area contributed by atoms with Crippen molar-refractivity contribution in [1.29, 1.82) is 0 Å². The Labute approximate surface area is 175 Å². The van der Waals surface area contributed by atoms with E-state index in [9.17, 15) is 9.59 Å². The van der Waals surface area contributed by atoms with Gasteiger partial charge in [0.15, 0.2) is 5.78 Å². The molecule has 0 fully saturated rings. The van der Waals surface area contributed by atoms with Crippen LogP contribution in [0.25, 0.3) is 17.0 Å². The Morgan fingerprint density at radius 1 is 1.17 bits per heavy atom. The quantitative estimate of drug-likeness (QED) is 0.370. The second-order valence-corrected chi connectivity index (χ2v) is 7.59. The van der Waals surface area contributed by atoms with Gasteiger partial charge in [-0.15, -0.1) is 0 Å². The molecule has 0 aliphatic rings. The van der Waals surface area contributed by atoms with Crippen molar-refractivity contribution in [3.63, 3.8) is 0 Å². The van der Waals surface area contributed by atoms with Gasteiger partial charge in [0.25, 0.3) is 0 Å². The lowest BCUT2D eigenvalue weighted by Gasteiger charge is -2.12. The number of methoxy groups -OCH3 is 1. The molecule has 150 valence electrons. The van der Waals surface area contributed by atoms with Crippen molar-refractivity contribution in [3.8, 4) is 0 Å². The van der Waals surface area contributed by atoms with Crippen LogP contribution in [0.15, 0.2) is 48.5 Å². The van der Waals surface area contributed by atoms with E-state index >= 15 is 0 Å². The first-order chi connectivity index (χ1) is 13.9. The number of carbonyl (C=O) groups is 2. The molecule has 2 aromatic carbocycles. The highest BCUT2D eigenvalue weighted by Crippen LogP contribution is 2.32. The van der Waals surface area contributed by atoms with E-state index in [-0.39, 0.29) is 11.7 Å². The first-order valence-electron chi connectivity index (χ1n) is 9.53. The number of allylic oxidation sites excluding steroid dienone is 1. The molecule has 0 saturated carbocycles. The van der Waals surface area contributed by atoms with Crippen molar-refractivity contribution in [1.82, 2.24) is 4.57 Å². The van der Waals surface area contributed by atoms with Gasteiger partial charge in [-0.05, 0) is 36.8 Å². The second kappa shape index (κ2) is 8.66. The van der Waals surface area contributed by atoms with Crippen molar-refractivity contribution in [3.05, 3.63) is 75.9 Å². The van der Waals surface area contributed by atoms with Crippen LogP contribution < -0.4 is 0 Å². The number of fused-ring (bicyclic) bond motifs is 1. The van der Waals surface area contributed by atoms with Gasteiger partial charge >= 0.3 is 5.97 Å². The molecule has 0 radical (unpaired) electrons. The monoisotopic (exact) mass is 409 g/mol. The Morgan fingerprint density at radius 2 is 1.90 bits per heavy atom. The molecule has 0 bridgehead atoms. The minimum absolute atomic E-state index is 0.0619. The summed E-state index contributed by atoms with van der Waals surface area (Å²) < 4.78 is 6.92. The molecule has 0 amide bonds. The summed E-state index contributed by atoms with van der Waals surface area (Å²) in [6.45, 7) is 6.18. The molecule has 0 aliphatic heterocycles. The van der Waals surface area contributed by atoms with Crippen LogP contribution in [0.2, 0.25) is 5.02 Å². The molecule has 0 atom stereocenters. The third-order valence-corrected chi connectivity index (χ3v) is 5.28. The lowest BCUT2D eigenvalue weighted by atomic mass is 9.97. The molecule has 1 aromatic heterocycles. The van der Waals surface area contributed by atoms with E-state index in [4.69, 9.17) is 16.3 Å². The van der Waals surface area contributed by atoms with Gasteiger partial charge in [-0.25, -0.2) is 4.79 Å². The molecule has 0 spiro atoms. The smallest absolute Gasteiger partial charge is 0.337 e. The summed E-state index contributed by atoms with van der Waals surface area (Å²) >= 11 is 6.41. The molecule has 0 N–H and O–H groups in total. The number of nitrogens with zero attached hydrogens (tertiary/aromatic N) is 1. The molecule has 0 unspecified atom stereocenters. The molecule has 0 saturated heterocycles. The Kier molecular flexibility index (Phi) is 6.23. The number of aromatic nitrogens is 1. The predicted octanol–water partition coefficient (Wildman–Crippen LogP) is 6.00. The second-order valence-electron chi connectivity index (χ2n) is 7.18. The van der Waals surface area contributed by atoms with Crippen molar-refractivity contribution in [2.45, 2.75) is 27.3 Å². The Morgan fingerprint density at radius 3 is 2.52 bits per heavy atom. The van der Waals surface area contributed by atoms with E-state index in [2.05, 4.69) is 0 Å². The number of benzene rings is 2. The number of ketones is 1. The highest BCUT2D eigenvalue weighted by Gasteiger charge is 2.24. The summed E-state index contributed by atoms with van der Waals surface area (Å²) in [6, 6.07) is 12.9. The molecule has 4 nitrogen and oxygen atoms in total. The first-order valence-corrected chi connectivity index (χ1v) is 9.91. The zero-order valence-electron chi connectivity index (χ0n) is 17.0. The molecule has 3 aromatic rings. The van der Waals surface area contributed by atoms with Gasteiger partial charge in [-0.2, -0.15) is 0 Å². The molecule has 1 heterocycles. The number of carbonyl (C=O) groups excluding carboxylic acids is 2. The fraction of sp³-hybridized carbons (Fsp3) is 0.250. The summed E-state index contributed by atoms with van der Waals surface area (Å²) in [5.74, 6) is -0.507. The maximum Gasteiger partial charge on any atom is 0.337 e. The maximum atomic E-state index is 13.1. The van der Waals surface area contributed by atoms with E-state index in [1.165, 1.54) is 7.11 Å². The molecule has 0 aliphatic carbocycles. The van der Waals surface area contributed by atoms with Crippen LogP contribution in [-0.2, 0) is 11.3 Å². The number of Topliss-reactive ketones (excluding diaryl/α,β-unsaturated/α-hetero) is 1. The molecule has 29 heavy (non-hydrogen) atoms. The molecular weight excluding hydrogens is 386 g/mol. The average Bonchev–Trinajstić information content (AvgIpc) is 3.01. The largest absolute Gasteiger partial charge is 0.465 e. The summed E-state index contributed by atoms with van der Waals surface area (Å²) in [7, 11) is 1.36. The number of ether oxygens (including phenoxy) is 1. The van der Waals surface area contributed by atoms with Crippen molar-refractivity contribution < 1.29 is 14.3 Å². The number of esters is 1. The number of rotatable bonds is 6. The minimum atomic E-state index is -0.415. The predicted molar refractivity (Wildman–Crippen MR) is 118 cm³/mol. The summed E-state index contributed by atoms with van der Waals surface area (Å²) in [5, 5.41) is 1.47. The van der Waals surface area contributed by atoms with Crippen molar-refractivity contribution >= 4 is 40.3 Å². The van der Waals surface area contributed by atoms with Crippen molar-refractivity contribution in [2.75, 3.05) is 7.11 Å². The highest BCUT2D eigenvalue weighted by molar-refractivity contribution is 6.31. The van der Waals surface area contributed by atoms with E-state index < -0.39 is 5.97 Å². The summed E-state index contributed by atoms with van der Waals surface area (Å²) in [5.41, 5.74) is 3.64. The summed E-state index contributed by atoms with van der Waals surface area (Å²) in [6.07, 6.45) is 3.85. The van der Waals surface area contributed by atoms with E-state index in [0.29, 0.717) is 22.7 Å². The van der Waals surface area contributed by atoms with Crippen LogP contribution in [0, 0.1) is 5.92 Å². The van der Waals surface area contributed by atoms with Gasteiger partial charge in [-0.1, -0.05) is 55.8 Å². The molecular formula is C24H24ClNO3. The average molecular weight is 410 g/mol. The summed E-state index contributed by atoms with van der Waals surface area (Å²) in [4.78, 5) is 25.2. The van der Waals surface area contributed by atoms with Gasteiger partial charge in [0, 0.05) is 22.9 Å². The Bertz CT molecular complexity index is 1110. The van der Waals surface area contributed by atoms with Crippen molar-refractivity contribution in [2.24, 2.45) is 5.92 Å². The van der Waals surface area contributed by atoms with Crippen LogP contribution in [0.5, 0.6) is 0 Å². The van der Waals surface area contributed by atoms with Crippen LogP contribution in [0.3, 0.4) is 0 Å². The zero-order valence-corrected chi connectivity index (χ0v) is 17.8. The van der Waals surface area contributed by atoms with Gasteiger partial charge in [0.1, 0.15) is 0 Å². The van der Waals surface area contributed by atoms with Crippen LogP contribution >= 0.6 is 11.6 Å². The first kappa shape index (κ1) is 20.9. The minimum Gasteiger partial charge on any atom is -0.465 e. The Hall–Kier alpha value is -2.85. The highest BCUT2D eigenvalue weighted by atomic mass is 35.5. The van der Waals surface area contributed by atoms with Crippen LogP contribution in [0.4, 0.5) is 0 Å². The maximum absolute atomic E-state index is 13.1. The molecule has 3 rings (SSSR count). The van der Waals surface area contributed by atoms with E-state index in [1.807, 2.05) is 67.8 Å². The molecule has 5 heteroatoms. The number of halogens is 1. The van der Waals surface area contributed by atoms with Gasteiger partial charge in [-0.3, -0.25) is 4.79 Å². The number of hydrogen-bond acceptors (Lipinski definition) is 3.